The maximum absolute atomic E-state index is 13.1. The number of imide groups is 1. The van der Waals surface area contributed by atoms with Crippen LogP contribution >= 0.6 is 0 Å². The van der Waals surface area contributed by atoms with Gasteiger partial charge in [-0.1, -0.05) is 60.7 Å². The SMILES string of the molecule is O=C1C[C@H](c2ccccc2)C(=O)N1c1ccc(Nc2ccc(OCc3ccccc3)cc2)c([N+](=O)[O-])c1. The van der Waals surface area contributed by atoms with Crippen LogP contribution in [-0.4, -0.2) is 16.7 Å². The van der Waals surface area contributed by atoms with E-state index in [0.717, 1.165) is 16.0 Å². The molecule has 1 saturated heterocycles. The van der Waals surface area contributed by atoms with Crippen LogP contribution in [0.2, 0.25) is 0 Å². The summed E-state index contributed by atoms with van der Waals surface area (Å²) >= 11 is 0. The average Bonchev–Trinajstić information content (AvgIpc) is 3.23. The highest BCUT2D eigenvalue weighted by Gasteiger charge is 2.40. The maximum atomic E-state index is 13.1. The van der Waals surface area contributed by atoms with Crippen molar-refractivity contribution in [2.45, 2.75) is 18.9 Å². The number of nitro benzene ring substituents is 1. The third-order valence-corrected chi connectivity index (χ3v) is 6.17. The molecule has 1 N–H and O–H groups in total. The number of ether oxygens (including phenoxy) is 1. The van der Waals surface area contributed by atoms with E-state index in [2.05, 4.69) is 5.32 Å². The first-order valence-corrected chi connectivity index (χ1v) is 11.7. The first-order valence-electron chi connectivity index (χ1n) is 11.7. The third-order valence-electron chi connectivity index (χ3n) is 6.17. The molecule has 1 aliphatic rings. The van der Waals surface area contributed by atoms with Gasteiger partial charge in [0.05, 0.1) is 16.5 Å². The fourth-order valence-electron chi connectivity index (χ4n) is 4.30. The minimum Gasteiger partial charge on any atom is -0.489 e. The zero-order chi connectivity index (χ0) is 25.8. The van der Waals surface area contributed by atoms with E-state index < -0.39 is 16.7 Å². The molecule has 0 saturated carbocycles. The predicted octanol–water partition coefficient (Wildman–Crippen LogP) is 5.96. The molecule has 1 heterocycles. The summed E-state index contributed by atoms with van der Waals surface area (Å²) in [7, 11) is 0. The lowest BCUT2D eigenvalue weighted by Gasteiger charge is -2.16. The molecule has 8 heteroatoms. The second-order valence-corrected chi connectivity index (χ2v) is 8.62. The van der Waals surface area contributed by atoms with Crippen LogP contribution in [0.15, 0.2) is 103 Å². The summed E-state index contributed by atoms with van der Waals surface area (Å²) in [6, 6.07) is 30.2. The van der Waals surface area contributed by atoms with Crippen LogP contribution in [0.3, 0.4) is 0 Å². The molecule has 0 radical (unpaired) electrons. The van der Waals surface area contributed by atoms with Crippen molar-refractivity contribution in [3.63, 3.8) is 0 Å². The lowest BCUT2D eigenvalue weighted by atomic mass is 9.98. The number of hydrogen-bond donors (Lipinski definition) is 1. The van der Waals surface area contributed by atoms with Crippen molar-refractivity contribution < 1.29 is 19.2 Å². The fraction of sp³-hybridized carbons (Fsp3) is 0.103. The van der Waals surface area contributed by atoms with Gasteiger partial charge in [-0.2, -0.15) is 0 Å². The topological polar surface area (TPSA) is 102 Å². The van der Waals surface area contributed by atoms with Gasteiger partial charge in [0.25, 0.3) is 5.69 Å². The molecule has 0 bridgehead atoms. The molecule has 4 aromatic carbocycles. The highest BCUT2D eigenvalue weighted by Crippen LogP contribution is 2.37. The standard InChI is InChI=1S/C29H23N3O5/c33-28-18-25(21-9-5-2-6-10-21)29(34)31(28)23-13-16-26(27(17-23)32(35)36)30-22-11-14-24(15-12-22)37-19-20-7-3-1-4-8-20/h1-17,25,30H,18-19H2/t25-/m1/s1. The quantitative estimate of drug-likeness (QED) is 0.184. The molecule has 0 spiro atoms. The number of nitro groups is 1. The van der Waals surface area contributed by atoms with E-state index in [-0.39, 0.29) is 29.4 Å². The van der Waals surface area contributed by atoms with E-state index >= 15 is 0 Å². The van der Waals surface area contributed by atoms with E-state index in [0.29, 0.717) is 18.0 Å². The molecule has 2 amide bonds. The zero-order valence-electron chi connectivity index (χ0n) is 19.7. The van der Waals surface area contributed by atoms with Gasteiger partial charge in [0.2, 0.25) is 11.8 Å². The monoisotopic (exact) mass is 493 g/mol. The predicted molar refractivity (Wildman–Crippen MR) is 140 cm³/mol. The number of carbonyl (C=O) groups is 2. The van der Waals surface area contributed by atoms with Crippen molar-refractivity contribution in [2.75, 3.05) is 10.2 Å². The Morgan fingerprint density at radius 3 is 2.24 bits per heavy atom. The summed E-state index contributed by atoms with van der Waals surface area (Å²) in [5.74, 6) is -0.719. The Morgan fingerprint density at radius 2 is 1.57 bits per heavy atom. The number of carbonyl (C=O) groups excluding carboxylic acids is 2. The van der Waals surface area contributed by atoms with Crippen LogP contribution < -0.4 is 15.0 Å². The van der Waals surface area contributed by atoms with E-state index in [1.807, 2.05) is 48.5 Å². The van der Waals surface area contributed by atoms with Crippen LogP contribution in [0.25, 0.3) is 0 Å². The van der Waals surface area contributed by atoms with Gasteiger partial charge >= 0.3 is 0 Å². The molecule has 37 heavy (non-hydrogen) atoms. The molecule has 184 valence electrons. The zero-order valence-corrected chi connectivity index (χ0v) is 19.7. The second-order valence-electron chi connectivity index (χ2n) is 8.62. The molecule has 0 unspecified atom stereocenters. The number of amides is 2. The molecular weight excluding hydrogens is 470 g/mol. The Bertz CT molecular complexity index is 1440. The lowest BCUT2D eigenvalue weighted by molar-refractivity contribution is -0.383. The van der Waals surface area contributed by atoms with Gasteiger partial charge in [-0.25, -0.2) is 4.90 Å². The fourth-order valence-corrected chi connectivity index (χ4v) is 4.30. The lowest BCUT2D eigenvalue weighted by Crippen LogP contribution is -2.30. The van der Waals surface area contributed by atoms with Gasteiger partial charge in [-0.05, 0) is 47.5 Å². The molecule has 0 aliphatic carbocycles. The number of nitrogens with zero attached hydrogens (tertiary/aromatic N) is 2. The van der Waals surface area contributed by atoms with E-state index in [1.165, 1.54) is 18.2 Å². The van der Waals surface area contributed by atoms with Crippen molar-refractivity contribution >= 4 is 34.6 Å². The number of nitrogens with one attached hydrogen (secondary N) is 1. The summed E-state index contributed by atoms with van der Waals surface area (Å²) < 4.78 is 5.79. The Kier molecular flexibility index (Phi) is 6.63. The first kappa shape index (κ1) is 23.7. The van der Waals surface area contributed by atoms with E-state index in [4.69, 9.17) is 4.74 Å². The minimum absolute atomic E-state index is 0.0232. The molecule has 4 aromatic rings. The number of anilines is 3. The van der Waals surface area contributed by atoms with Gasteiger partial charge in [0.15, 0.2) is 0 Å². The van der Waals surface area contributed by atoms with Crippen molar-refractivity contribution in [1.82, 2.24) is 0 Å². The summed E-state index contributed by atoms with van der Waals surface area (Å²) in [6.45, 7) is 0.430. The van der Waals surface area contributed by atoms with Crippen molar-refractivity contribution in [1.29, 1.82) is 0 Å². The second kappa shape index (κ2) is 10.3. The summed E-state index contributed by atoms with van der Waals surface area (Å²) in [5, 5.41) is 14.9. The van der Waals surface area contributed by atoms with Crippen molar-refractivity contribution in [2.24, 2.45) is 0 Å². The summed E-state index contributed by atoms with van der Waals surface area (Å²) in [5.41, 5.74) is 2.59. The highest BCUT2D eigenvalue weighted by molar-refractivity contribution is 6.22. The summed E-state index contributed by atoms with van der Waals surface area (Å²) in [4.78, 5) is 38.1. The first-order chi connectivity index (χ1) is 18.0. The van der Waals surface area contributed by atoms with Gasteiger partial charge in [-0.15, -0.1) is 0 Å². The van der Waals surface area contributed by atoms with Gasteiger partial charge in [0, 0.05) is 18.2 Å². The molecular formula is C29H23N3O5. The Morgan fingerprint density at radius 1 is 0.892 bits per heavy atom. The van der Waals surface area contributed by atoms with Crippen molar-refractivity contribution in [3.8, 4) is 5.75 Å². The van der Waals surface area contributed by atoms with Gasteiger partial charge < -0.3 is 10.1 Å². The minimum atomic E-state index is -0.604. The van der Waals surface area contributed by atoms with Gasteiger partial charge in [-0.3, -0.25) is 19.7 Å². The normalized spacial score (nSPS) is 15.0. The third kappa shape index (κ3) is 5.18. The molecule has 1 fully saturated rings. The number of benzene rings is 4. The summed E-state index contributed by atoms with van der Waals surface area (Å²) in [6.07, 6.45) is 0.0232. The Balaban J connectivity index is 1.32. The van der Waals surface area contributed by atoms with Crippen LogP contribution in [0.1, 0.15) is 23.5 Å². The van der Waals surface area contributed by atoms with Crippen LogP contribution in [0, 0.1) is 10.1 Å². The molecule has 8 nitrogen and oxygen atoms in total. The molecule has 5 rings (SSSR count). The van der Waals surface area contributed by atoms with Crippen molar-refractivity contribution in [3.05, 3.63) is 124 Å². The molecule has 1 atom stereocenters. The Labute approximate surface area is 213 Å². The van der Waals surface area contributed by atoms with Gasteiger partial charge in [0.1, 0.15) is 18.0 Å². The van der Waals surface area contributed by atoms with Crippen LogP contribution in [0.5, 0.6) is 5.75 Å². The van der Waals surface area contributed by atoms with E-state index in [1.54, 1.807) is 36.4 Å². The average molecular weight is 494 g/mol. The largest absolute Gasteiger partial charge is 0.489 e. The highest BCUT2D eigenvalue weighted by atomic mass is 16.6. The number of rotatable bonds is 8. The maximum Gasteiger partial charge on any atom is 0.294 e. The molecule has 0 aromatic heterocycles. The van der Waals surface area contributed by atoms with Crippen LogP contribution in [0.4, 0.5) is 22.7 Å². The van der Waals surface area contributed by atoms with E-state index in [9.17, 15) is 19.7 Å². The smallest absolute Gasteiger partial charge is 0.294 e. The molecule has 1 aliphatic heterocycles. The van der Waals surface area contributed by atoms with Crippen LogP contribution in [-0.2, 0) is 16.2 Å². The Hall–Kier alpha value is -4.98. The number of hydrogen-bond acceptors (Lipinski definition) is 6.